The van der Waals surface area contributed by atoms with Crippen LogP contribution in [0.4, 0.5) is 0 Å². The first-order valence-electron chi connectivity index (χ1n) is 28.9. The minimum absolute atomic E-state index is 0.0174. The molecule has 0 aliphatic carbocycles. The molecule has 0 saturated carbocycles. The van der Waals surface area contributed by atoms with Crippen LogP contribution in [0, 0.1) is 0 Å². The number of hydrogen-bond acceptors (Lipinski definition) is 5. The summed E-state index contributed by atoms with van der Waals surface area (Å²) in [6.07, 6.45) is 69.9. The number of allylic oxidation sites excluding steroid dienone is 7. The van der Waals surface area contributed by atoms with Crippen LogP contribution in [0.1, 0.15) is 296 Å². The normalized spacial score (nSPS) is 13.0. The van der Waals surface area contributed by atoms with Gasteiger partial charge in [-0.25, -0.2) is 0 Å². The van der Waals surface area contributed by atoms with Crippen molar-refractivity contribution >= 4 is 11.9 Å². The number of carbonyl (C=O) groups is 2. The van der Waals surface area contributed by atoms with Crippen molar-refractivity contribution in [2.45, 2.75) is 309 Å². The van der Waals surface area contributed by atoms with Crippen molar-refractivity contribution < 1.29 is 24.5 Å². The van der Waals surface area contributed by atoms with Crippen molar-refractivity contribution in [3.05, 3.63) is 48.6 Å². The fourth-order valence-corrected chi connectivity index (χ4v) is 8.60. The maximum Gasteiger partial charge on any atom is 0.305 e. The molecule has 0 aliphatic heterocycles. The molecule has 2 unspecified atom stereocenters. The summed E-state index contributed by atoms with van der Waals surface area (Å²) in [6.45, 7) is 4.85. The summed E-state index contributed by atoms with van der Waals surface area (Å²) in [7, 11) is 0. The van der Waals surface area contributed by atoms with E-state index in [4.69, 9.17) is 4.74 Å². The van der Waals surface area contributed by atoms with Gasteiger partial charge in [-0.3, -0.25) is 9.59 Å². The molecule has 0 heterocycles. The number of nitrogens with one attached hydrogen (secondary N) is 1. The first-order chi connectivity index (χ1) is 32.5. The Bertz CT molecular complexity index is 1110. The van der Waals surface area contributed by atoms with Crippen molar-refractivity contribution in [2.75, 3.05) is 13.2 Å². The fourth-order valence-electron chi connectivity index (χ4n) is 8.60. The zero-order chi connectivity index (χ0) is 47.9. The molecule has 0 saturated heterocycles. The lowest BCUT2D eigenvalue weighted by molar-refractivity contribution is -0.143. The van der Waals surface area contributed by atoms with E-state index in [0.717, 1.165) is 83.5 Å². The number of aliphatic hydroxyl groups is 2. The highest BCUT2D eigenvalue weighted by Gasteiger charge is 2.18. The molecule has 0 aromatic carbocycles. The lowest BCUT2D eigenvalue weighted by Crippen LogP contribution is -2.45. The third kappa shape index (κ3) is 51.2. The Kier molecular flexibility index (Phi) is 53.6. The zero-order valence-corrected chi connectivity index (χ0v) is 43.9. The van der Waals surface area contributed by atoms with Gasteiger partial charge < -0.3 is 20.3 Å². The fraction of sp³-hybridized carbons (Fsp3) is 0.833. The summed E-state index contributed by atoms with van der Waals surface area (Å²) in [5.41, 5.74) is 0. The lowest BCUT2D eigenvalue weighted by atomic mass is 10.0. The van der Waals surface area contributed by atoms with E-state index in [1.54, 1.807) is 6.08 Å². The van der Waals surface area contributed by atoms with Gasteiger partial charge in [0.05, 0.1) is 25.4 Å². The molecule has 0 radical (unpaired) electrons. The molecule has 6 heteroatoms. The number of unbranched alkanes of at least 4 members (excludes halogenated alkanes) is 36. The van der Waals surface area contributed by atoms with Crippen molar-refractivity contribution in [1.82, 2.24) is 5.32 Å². The lowest BCUT2D eigenvalue weighted by Gasteiger charge is -2.20. The Morgan fingerprint density at radius 3 is 1.17 bits per heavy atom. The van der Waals surface area contributed by atoms with Crippen LogP contribution in [0.5, 0.6) is 0 Å². The average molecular weight is 927 g/mol. The second-order valence-electron chi connectivity index (χ2n) is 19.6. The van der Waals surface area contributed by atoms with Crippen LogP contribution >= 0.6 is 0 Å². The number of esters is 1. The van der Waals surface area contributed by atoms with Crippen LogP contribution in [-0.2, 0) is 14.3 Å². The molecule has 6 nitrogen and oxygen atoms in total. The van der Waals surface area contributed by atoms with Gasteiger partial charge in [-0.1, -0.05) is 236 Å². The van der Waals surface area contributed by atoms with Crippen LogP contribution in [0.25, 0.3) is 0 Å². The molecule has 1 amide bonds. The summed E-state index contributed by atoms with van der Waals surface area (Å²) in [5, 5.41) is 23.0. The van der Waals surface area contributed by atoms with E-state index in [2.05, 4.69) is 55.6 Å². The molecule has 0 aromatic heterocycles. The number of rotatable bonds is 53. The maximum atomic E-state index is 12.4. The summed E-state index contributed by atoms with van der Waals surface area (Å²) < 4.78 is 5.47. The zero-order valence-electron chi connectivity index (χ0n) is 43.9. The Morgan fingerprint density at radius 2 is 0.758 bits per heavy atom. The first-order valence-corrected chi connectivity index (χ1v) is 28.9. The van der Waals surface area contributed by atoms with Gasteiger partial charge >= 0.3 is 5.97 Å². The summed E-state index contributed by atoms with van der Waals surface area (Å²) in [5.74, 6) is -0.102. The summed E-state index contributed by atoms with van der Waals surface area (Å²) in [4.78, 5) is 24.5. The van der Waals surface area contributed by atoms with Crippen molar-refractivity contribution in [3.63, 3.8) is 0 Å². The van der Waals surface area contributed by atoms with Gasteiger partial charge in [-0.05, 0) is 96.3 Å². The Hall–Kier alpha value is -2.18. The molecule has 0 bridgehead atoms. The van der Waals surface area contributed by atoms with Gasteiger partial charge in [-0.2, -0.15) is 0 Å². The smallest absolute Gasteiger partial charge is 0.305 e. The molecule has 0 fully saturated rings. The standard InChI is InChI=1S/C60H111NO5/c1-3-5-7-9-11-13-15-17-18-19-20-23-26-30-34-38-42-46-50-54-60(65)66-55-51-47-43-39-35-31-27-24-21-22-25-29-33-37-41-45-49-53-59(64)61-57(56-62)58(63)52-48-44-40-36-32-28-16-14-12-10-8-6-4-2/h17-18,21,24,31,35,48,52,57-58,62-63H,3-16,19-20,22-23,25-30,32-34,36-47,49-51,53-56H2,1-2H3,(H,61,64)/b18-17-,24-21-,35-31-,52-48+. The quantitative estimate of drug-likeness (QED) is 0.0321. The molecule has 2 atom stereocenters. The highest BCUT2D eigenvalue weighted by molar-refractivity contribution is 5.76. The van der Waals surface area contributed by atoms with E-state index in [-0.39, 0.29) is 18.5 Å². The molecule has 386 valence electrons. The number of hydrogen-bond donors (Lipinski definition) is 3. The van der Waals surface area contributed by atoms with Gasteiger partial charge in [-0.15, -0.1) is 0 Å². The molecule has 0 aromatic rings. The van der Waals surface area contributed by atoms with Gasteiger partial charge in [0.1, 0.15) is 0 Å². The number of aliphatic hydroxyl groups excluding tert-OH is 2. The third-order valence-electron chi connectivity index (χ3n) is 13.1. The SMILES string of the molecule is CCCCCCCC/C=C\CCCCCCCCCCCC(=O)OCCCCC/C=C\C/C=C\CCCCCCCCCC(=O)NC(CO)C(O)/C=C/CCCCCCCCCCCCC. The van der Waals surface area contributed by atoms with Crippen LogP contribution in [-0.4, -0.2) is 47.4 Å². The van der Waals surface area contributed by atoms with Crippen LogP contribution < -0.4 is 5.32 Å². The largest absolute Gasteiger partial charge is 0.466 e. The predicted octanol–water partition coefficient (Wildman–Crippen LogP) is 17.8. The Balaban J connectivity index is 3.50. The van der Waals surface area contributed by atoms with E-state index < -0.39 is 12.1 Å². The summed E-state index contributed by atoms with van der Waals surface area (Å²) in [6, 6.07) is -0.640. The minimum Gasteiger partial charge on any atom is -0.466 e. The average Bonchev–Trinajstić information content (AvgIpc) is 3.32. The van der Waals surface area contributed by atoms with Crippen LogP contribution in [0.2, 0.25) is 0 Å². The number of carbonyl (C=O) groups excluding carboxylic acids is 2. The maximum absolute atomic E-state index is 12.4. The molecule has 66 heavy (non-hydrogen) atoms. The topological polar surface area (TPSA) is 95.9 Å². The third-order valence-corrected chi connectivity index (χ3v) is 13.1. The van der Waals surface area contributed by atoms with Gasteiger partial charge in [0.25, 0.3) is 0 Å². The van der Waals surface area contributed by atoms with E-state index in [9.17, 15) is 19.8 Å². The molecule has 3 N–H and O–H groups in total. The predicted molar refractivity (Wildman–Crippen MR) is 287 cm³/mol. The van der Waals surface area contributed by atoms with E-state index >= 15 is 0 Å². The number of amides is 1. The monoisotopic (exact) mass is 926 g/mol. The van der Waals surface area contributed by atoms with E-state index in [0.29, 0.717) is 19.4 Å². The Morgan fingerprint density at radius 1 is 0.424 bits per heavy atom. The van der Waals surface area contributed by atoms with Crippen molar-refractivity contribution in [1.29, 1.82) is 0 Å². The van der Waals surface area contributed by atoms with Gasteiger partial charge in [0.2, 0.25) is 5.91 Å². The first kappa shape index (κ1) is 63.8. The molecule has 0 rings (SSSR count). The molecule has 0 aliphatic rings. The second kappa shape index (κ2) is 55.4. The van der Waals surface area contributed by atoms with Crippen LogP contribution in [0.15, 0.2) is 48.6 Å². The van der Waals surface area contributed by atoms with Crippen molar-refractivity contribution in [2.24, 2.45) is 0 Å². The highest BCUT2D eigenvalue weighted by atomic mass is 16.5. The van der Waals surface area contributed by atoms with Crippen LogP contribution in [0.3, 0.4) is 0 Å². The molecular formula is C60H111NO5. The van der Waals surface area contributed by atoms with E-state index in [1.807, 2.05) is 6.08 Å². The van der Waals surface area contributed by atoms with Crippen molar-refractivity contribution in [3.8, 4) is 0 Å². The van der Waals surface area contributed by atoms with E-state index in [1.165, 1.54) is 186 Å². The Labute approximate surface area is 410 Å². The summed E-state index contributed by atoms with van der Waals surface area (Å²) >= 11 is 0. The van der Waals surface area contributed by atoms with Gasteiger partial charge in [0.15, 0.2) is 0 Å². The number of ether oxygens (including phenoxy) is 1. The second-order valence-corrected chi connectivity index (χ2v) is 19.6. The molecular weight excluding hydrogens is 815 g/mol. The molecule has 0 spiro atoms. The minimum atomic E-state index is -0.855. The highest BCUT2D eigenvalue weighted by Crippen LogP contribution is 2.15. The van der Waals surface area contributed by atoms with Gasteiger partial charge in [0, 0.05) is 12.8 Å².